The maximum Gasteiger partial charge on any atom is 0.0424 e. The Morgan fingerprint density at radius 2 is 1.56 bits per heavy atom. The molecule has 0 aliphatic heterocycles. The van der Waals surface area contributed by atoms with Gasteiger partial charge in [-0.2, -0.15) is 0 Å². The second-order valence-corrected chi connectivity index (χ2v) is 5.93. The van der Waals surface area contributed by atoms with Crippen molar-refractivity contribution in [3.63, 3.8) is 0 Å². The summed E-state index contributed by atoms with van der Waals surface area (Å²) < 4.78 is 1.06. The normalized spacial score (nSPS) is 12.4. The summed E-state index contributed by atoms with van der Waals surface area (Å²) in [6.45, 7) is 0. The second kappa shape index (κ2) is 6.07. The summed E-state index contributed by atoms with van der Waals surface area (Å²) in [5, 5.41) is 1.23. The van der Waals surface area contributed by atoms with Crippen LogP contribution in [0.5, 0.6) is 0 Å². The van der Waals surface area contributed by atoms with Crippen molar-refractivity contribution in [1.82, 2.24) is 0 Å². The van der Waals surface area contributed by atoms with E-state index in [-0.39, 0.29) is 6.04 Å². The van der Waals surface area contributed by atoms with E-state index >= 15 is 0 Å². The van der Waals surface area contributed by atoms with Crippen molar-refractivity contribution in [2.24, 2.45) is 5.73 Å². The van der Waals surface area contributed by atoms with Gasteiger partial charge in [0.15, 0.2) is 0 Å². The standard InChI is InChI=1S/C14H12BrCl2N/c15-11-3-1-9(2-4-11)5-14(18)10-6-12(16)8-13(17)7-10/h1-4,6-8,14H,5,18H2. The van der Waals surface area contributed by atoms with Crippen LogP contribution in [-0.4, -0.2) is 0 Å². The van der Waals surface area contributed by atoms with Gasteiger partial charge in [0.05, 0.1) is 0 Å². The Morgan fingerprint density at radius 3 is 2.11 bits per heavy atom. The monoisotopic (exact) mass is 343 g/mol. The first kappa shape index (κ1) is 13.9. The van der Waals surface area contributed by atoms with Crippen LogP contribution in [0.15, 0.2) is 46.9 Å². The van der Waals surface area contributed by atoms with Crippen LogP contribution in [-0.2, 0) is 6.42 Å². The van der Waals surface area contributed by atoms with Crippen LogP contribution in [0.2, 0.25) is 10.0 Å². The second-order valence-electron chi connectivity index (χ2n) is 4.14. The SMILES string of the molecule is NC(Cc1ccc(Br)cc1)c1cc(Cl)cc(Cl)c1. The fourth-order valence-corrected chi connectivity index (χ4v) is 2.59. The molecule has 2 aromatic carbocycles. The van der Waals surface area contributed by atoms with Gasteiger partial charge in [-0.1, -0.05) is 51.3 Å². The van der Waals surface area contributed by atoms with Crippen LogP contribution in [0.1, 0.15) is 17.2 Å². The fraction of sp³-hybridized carbons (Fsp3) is 0.143. The molecule has 94 valence electrons. The predicted octanol–water partition coefficient (Wildman–Crippen LogP) is 5.00. The summed E-state index contributed by atoms with van der Waals surface area (Å²) >= 11 is 15.4. The van der Waals surface area contributed by atoms with Crippen LogP contribution in [0, 0.1) is 0 Å². The average molecular weight is 345 g/mol. The Balaban J connectivity index is 2.16. The third-order valence-electron chi connectivity index (χ3n) is 2.68. The minimum absolute atomic E-state index is 0.109. The van der Waals surface area contributed by atoms with Crippen LogP contribution < -0.4 is 5.73 Å². The van der Waals surface area contributed by atoms with Gasteiger partial charge in [0.1, 0.15) is 0 Å². The molecule has 0 aromatic heterocycles. The molecule has 18 heavy (non-hydrogen) atoms. The Kier molecular flexibility index (Phi) is 4.68. The highest BCUT2D eigenvalue weighted by atomic mass is 79.9. The molecule has 0 heterocycles. The van der Waals surface area contributed by atoms with E-state index in [0.717, 1.165) is 16.5 Å². The van der Waals surface area contributed by atoms with Gasteiger partial charge in [-0.15, -0.1) is 0 Å². The van der Waals surface area contributed by atoms with E-state index in [4.69, 9.17) is 28.9 Å². The third kappa shape index (κ3) is 3.72. The van der Waals surface area contributed by atoms with Gasteiger partial charge in [0.25, 0.3) is 0 Å². The van der Waals surface area contributed by atoms with Gasteiger partial charge >= 0.3 is 0 Å². The molecule has 4 heteroatoms. The number of halogens is 3. The highest BCUT2D eigenvalue weighted by Gasteiger charge is 2.09. The molecule has 1 unspecified atom stereocenters. The topological polar surface area (TPSA) is 26.0 Å². The van der Waals surface area contributed by atoms with E-state index in [1.165, 1.54) is 5.56 Å². The van der Waals surface area contributed by atoms with Crippen molar-refractivity contribution in [3.8, 4) is 0 Å². The lowest BCUT2D eigenvalue weighted by Crippen LogP contribution is -2.13. The Hall–Kier alpha value is -0.540. The number of hydrogen-bond acceptors (Lipinski definition) is 1. The Morgan fingerprint density at radius 1 is 1.00 bits per heavy atom. The van der Waals surface area contributed by atoms with Gasteiger partial charge in [-0.25, -0.2) is 0 Å². The molecule has 2 aromatic rings. The molecule has 0 aliphatic carbocycles. The van der Waals surface area contributed by atoms with E-state index in [1.54, 1.807) is 6.07 Å². The summed E-state index contributed by atoms with van der Waals surface area (Å²) in [7, 11) is 0. The molecule has 1 atom stereocenters. The molecular formula is C14H12BrCl2N. The van der Waals surface area contributed by atoms with Crippen molar-refractivity contribution in [2.75, 3.05) is 0 Å². The lowest BCUT2D eigenvalue weighted by atomic mass is 10.00. The zero-order valence-electron chi connectivity index (χ0n) is 9.54. The van der Waals surface area contributed by atoms with Gasteiger partial charge in [0, 0.05) is 20.6 Å². The fourth-order valence-electron chi connectivity index (χ4n) is 1.78. The molecule has 0 radical (unpaired) electrons. The molecule has 0 aliphatic rings. The maximum absolute atomic E-state index is 6.17. The van der Waals surface area contributed by atoms with Crippen molar-refractivity contribution in [3.05, 3.63) is 68.1 Å². The molecule has 0 amide bonds. The maximum atomic E-state index is 6.17. The van der Waals surface area contributed by atoms with E-state index in [1.807, 2.05) is 24.3 Å². The molecular weight excluding hydrogens is 333 g/mol. The first-order valence-electron chi connectivity index (χ1n) is 5.50. The zero-order chi connectivity index (χ0) is 13.1. The molecule has 2 N–H and O–H groups in total. The van der Waals surface area contributed by atoms with Crippen molar-refractivity contribution < 1.29 is 0 Å². The molecule has 1 nitrogen and oxygen atoms in total. The molecule has 0 saturated carbocycles. The minimum Gasteiger partial charge on any atom is -0.324 e. The molecule has 0 fully saturated rings. The lowest BCUT2D eigenvalue weighted by molar-refractivity contribution is 0.722. The quantitative estimate of drug-likeness (QED) is 0.833. The number of nitrogens with two attached hydrogens (primary N) is 1. The highest BCUT2D eigenvalue weighted by Crippen LogP contribution is 2.24. The van der Waals surface area contributed by atoms with Crippen molar-refractivity contribution in [1.29, 1.82) is 0 Å². The first-order valence-corrected chi connectivity index (χ1v) is 7.05. The molecule has 0 saturated heterocycles. The van der Waals surface area contributed by atoms with Crippen molar-refractivity contribution >= 4 is 39.1 Å². The molecule has 0 spiro atoms. The van der Waals surface area contributed by atoms with Crippen LogP contribution >= 0.6 is 39.1 Å². The summed E-state index contributed by atoms with van der Waals surface area (Å²) in [4.78, 5) is 0. The van der Waals surface area contributed by atoms with Gasteiger partial charge in [-0.3, -0.25) is 0 Å². The lowest BCUT2D eigenvalue weighted by Gasteiger charge is -2.13. The summed E-state index contributed by atoms with van der Waals surface area (Å²) in [5.74, 6) is 0. The first-order chi connectivity index (χ1) is 8.54. The zero-order valence-corrected chi connectivity index (χ0v) is 12.6. The van der Waals surface area contributed by atoms with Crippen LogP contribution in [0.25, 0.3) is 0 Å². The van der Waals surface area contributed by atoms with E-state index < -0.39 is 0 Å². The minimum atomic E-state index is -0.109. The van der Waals surface area contributed by atoms with Gasteiger partial charge < -0.3 is 5.73 Å². The number of benzene rings is 2. The molecule has 2 rings (SSSR count). The van der Waals surface area contributed by atoms with E-state index in [2.05, 4.69) is 28.1 Å². The van der Waals surface area contributed by atoms with Gasteiger partial charge in [-0.05, 0) is 47.9 Å². The highest BCUT2D eigenvalue weighted by molar-refractivity contribution is 9.10. The average Bonchev–Trinajstić information content (AvgIpc) is 2.31. The van der Waals surface area contributed by atoms with E-state index in [9.17, 15) is 0 Å². The number of hydrogen-bond donors (Lipinski definition) is 1. The van der Waals surface area contributed by atoms with Crippen LogP contribution in [0.3, 0.4) is 0 Å². The van der Waals surface area contributed by atoms with E-state index in [0.29, 0.717) is 10.0 Å². The predicted molar refractivity (Wildman–Crippen MR) is 81.2 cm³/mol. The molecule has 0 bridgehead atoms. The Labute approximate surface area is 125 Å². The van der Waals surface area contributed by atoms with Crippen LogP contribution in [0.4, 0.5) is 0 Å². The smallest absolute Gasteiger partial charge is 0.0424 e. The Bertz CT molecular complexity index is 520. The summed E-state index contributed by atoms with van der Waals surface area (Å²) in [6, 6.07) is 13.4. The summed E-state index contributed by atoms with van der Waals surface area (Å²) in [5.41, 5.74) is 8.31. The largest absolute Gasteiger partial charge is 0.324 e. The summed E-state index contributed by atoms with van der Waals surface area (Å²) in [6.07, 6.45) is 0.754. The van der Waals surface area contributed by atoms with Crippen molar-refractivity contribution in [2.45, 2.75) is 12.5 Å². The third-order valence-corrected chi connectivity index (χ3v) is 3.65. The number of rotatable bonds is 3. The van der Waals surface area contributed by atoms with Gasteiger partial charge in [0.2, 0.25) is 0 Å².